The zero-order chi connectivity index (χ0) is 16.6. The number of rotatable bonds is 3. The first-order valence-corrected chi connectivity index (χ1v) is 7.66. The molecule has 2 rings (SSSR count). The van der Waals surface area contributed by atoms with Crippen molar-refractivity contribution in [3.8, 4) is 11.5 Å². The molecule has 22 heavy (non-hydrogen) atoms. The Morgan fingerprint density at radius 3 is 2.32 bits per heavy atom. The van der Waals surface area contributed by atoms with Gasteiger partial charge in [0.1, 0.15) is 11.5 Å². The molecule has 0 atom stereocenters. The number of nitro benzene ring substituents is 1. The number of nitro groups is 1. The fourth-order valence-corrected chi connectivity index (χ4v) is 3.07. The van der Waals surface area contributed by atoms with Crippen molar-refractivity contribution in [1.82, 2.24) is 0 Å². The van der Waals surface area contributed by atoms with E-state index in [1.54, 1.807) is 0 Å². The van der Waals surface area contributed by atoms with Crippen LogP contribution in [-0.4, -0.2) is 15.1 Å². The third-order valence-corrected chi connectivity index (χ3v) is 4.66. The second-order valence-corrected chi connectivity index (χ2v) is 6.40. The summed E-state index contributed by atoms with van der Waals surface area (Å²) in [5.41, 5.74) is 0.141. The molecule has 0 radical (unpaired) electrons. The largest absolute Gasteiger partial charge is 0.506 e. The number of non-ortho nitro benzene ring substituents is 1. The van der Waals surface area contributed by atoms with Gasteiger partial charge in [-0.1, -0.05) is 34.8 Å². The molecule has 0 aliphatic heterocycles. The number of hydrogen-bond donors (Lipinski definition) is 2. The Hall–Kier alpha value is -1.21. The van der Waals surface area contributed by atoms with Gasteiger partial charge in [0.2, 0.25) is 0 Å². The third kappa shape index (κ3) is 3.25. The Kier molecular flexibility index (Phi) is 5.07. The molecule has 0 aromatic heterocycles. The molecule has 0 heterocycles. The van der Waals surface area contributed by atoms with Crippen LogP contribution in [0, 0.1) is 10.1 Å². The Bertz CT molecular complexity index is 756. The third-order valence-electron chi connectivity index (χ3n) is 2.95. The summed E-state index contributed by atoms with van der Waals surface area (Å²) in [6, 6.07) is 3.64. The quantitative estimate of drug-likeness (QED) is 0.395. The lowest BCUT2D eigenvalue weighted by atomic mass is 10.0. The number of halogens is 4. The number of phenols is 2. The second kappa shape index (κ2) is 6.50. The highest BCUT2D eigenvalue weighted by Gasteiger charge is 2.20. The Labute approximate surface area is 148 Å². The lowest BCUT2D eigenvalue weighted by Crippen LogP contribution is -1.96. The molecule has 0 aliphatic carbocycles. The van der Waals surface area contributed by atoms with Gasteiger partial charge in [-0.3, -0.25) is 10.1 Å². The van der Waals surface area contributed by atoms with Crippen molar-refractivity contribution >= 4 is 56.4 Å². The zero-order valence-electron chi connectivity index (χ0n) is 10.6. The van der Waals surface area contributed by atoms with Crippen LogP contribution in [0.3, 0.4) is 0 Å². The van der Waals surface area contributed by atoms with Crippen LogP contribution in [0.25, 0.3) is 0 Å². The summed E-state index contributed by atoms with van der Waals surface area (Å²) >= 11 is 20.8. The Morgan fingerprint density at radius 1 is 1.09 bits per heavy atom. The molecule has 5 nitrogen and oxygen atoms in total. The zero-order valence-corrected chi connectivity index (χ0v) is 14.5. The van der Waals surface area contributed by atoms with E-state index in [9.17, 15) is 20.3 Å². The smallest absolute Gasteiger partial charge is 0.271 e. The molecule has 2 aromatic rings. The molecular weight excluding hydrogens is 420 g/mol. The van der Waals surface area contributed by atoms with Crippen LogP contribution in [0.5, 0.6) is 11.5 Å². The van der Waals surface area contributed by atoms with E-state index >= 15 is 0 Å². The molecule has 9 heteroatoms. The summed E-state index contributed by atoms with van der Waals surface area (Å²) in [6.45, 7) is 0. The van der Waals surface area contributed by atoms with E-state index in [-0.39, 0.29) is 54.3 Å². The first-order valence-electron chi connectivity index (χ1n) is 5.73. The van der Waals surface area contributed by atoms with Gasteiger partial charge in [0.05, 0.1) is 24.5 Å². The van der Waals surface area contributed by atoms with Crippen LogP contribution in [0.15, 0.2) is 22.7 Å². The average molecular weight is 427 g/mol. The molecule has 116 valence electrons. The molecule has 2 N–H and O–H groups in total. The van der Waals surface area contributed by atoms with Crippen LogP contribution in [0.4, 0.5) is 5.69 Å². The second-order valence-electron chi connectivity index (χ2n) is 4.35. The minimum absolute atomic E-state index is 0.00612. The van der Waals surface area contributed by atoms with Crippen molar-refractivity contribution < 1.29 is 15.1 Å². The molecular formula is C13H7BrCl3NO4. The molecule has 0 saturated carbocycles. The predicted octanol–water partition coefficient (Wildman–Crippen LogP) is 5.32. The van der Waals surface area contributed by atoms with Crippen molar-refractivity contribution in [1.29, 1.82) is 0 Å². The SMILES string of the molecule is O=[N+]([O-])c1cc(Br)c(O)c(Cc2c(O)c(Cl)cc(Cl)c2Cl)c1. The first kappa shape index (κ1) is 17.1. The van der Waals surface area contributed by atoms with Crippen molar-refractivity contribution in [2.24, 2.45) is 0 Å². The van der Waals surface area contributed by atoms with Crippen molar-refractivity contribution in [3.05, 3.63) is 59.0 Å². The number of nitrogens with zero attached hydrogens (tertiary/aromatic N) is 1. The van der Waals surface area contributed by atoms with Crippen LogP contribution >= 0.6 is 50.7 Å². The number of phenolic OH excluding ortho intramolecular Hbond substituents is 2. The fourth-order valence-electron chi connectivity index (χ4n) is 1.87. The fraction of sp³-hybridized carbons (Fsp3) is 0.0769. The molecule has 0 saturated heterocycles. The highest BCUT2D eigenvalue weighted by molar-refractivity contribution is 9.10. The summed E-state index contributed by atoms with van der Waals surface area (Å²) in [5, 5.41) is 31.1. The number of aromatic hydroxyl groups is 2. The summed E-state index contributed by atoms with van der Waals surface area (Å²) < 4.78 is 0.153. The van der Waals surface area contributed by atoms with E-state index in [1.165, 1.54) is 18.2 Å². The minimum atomic E-state index is -0.597. The van der Waals surface area contributed by atoms with Crippen molar-refractivity contribution in [2.45, 2.75) is 6.42 Å². The van der Waals surface area contributed by atoms with Crippen LogP contribution in [0.2, 0.25) is 15.1 Å². The van der Waals surface area contributed by atoms with Gasteiger partial charge in [-0.2, -0.15) is 0 Å². The molecule has 0 bridgehead atoms. The van der Waals surface area contributed by atoms with E-state index in [4.69, 9.17) is 34.8 Å². The standard InChI is InChI=1S/C13H7BrCl3NO4/c14-8-3-6(18(21)22)1-5(12(8)19)2-7-11(17)9(15)4-10(16)13(7)20/h1,3-4,19-20H,2H2. The highest BCUT2D eigenvalue weighted by atomic mass is 79.9. The van der Waals surface area contributed by atoms with Crippen LogP contribution < -0.4 is 0 Å². The Morgan fingerprint density at radius 2 is 1.73 bits per heavy atom. The first-order chi connectivity index (χ1) is 10.2. The van der Waals surface area contributed by atoms with Gasteiger partial charge in [-0.05, 0) is 22.0 Å². The molecule has 0 unspecified atom stereocenters. The van der Waals surface area contributed by atoms with Crippen LogP contribution in [-0.2, 0) is 6.42 Å². The van der Waals surface area contributed by atoms with E-state index in [0.29, 0.717) is 0 Å². The minimum Gasteiger partial charge on any atom is -0.506 e. The molecule has 0 amide bonds. The topological polar surface area (TPSA) is 83.6 Å². The number of benzene rings is 2. The maximum absolute atomic E-state index is 10.9. The van der Waals surface area contributed by atoms with Gasteiger partial charge >= 0.3 is 0 Å². The monoisotopic (exact) mass is 425 g/mol. The highest BCUT2D eigenvalue weighted by Crippen LogP contribution is 2.42. The van der Waals surface area contributed by atoms with E-state index in [2.05, 4.69) is 15.9 Å². The van der Waals surface area contributed by atoms with Gasteiger partial charge in [0.15, 0.2) is 0 Å². The summed E-state index contributed by atoms with van der Waals surface area (Å²) in [4.78, 5) is 10.3. The van der Waals surface area contributed by atoms with E-state index in [0.717, 1.165) is 0 Å². The molecule has 2 aromatic carbocycles. The van der Waals surface area contributed by atoms with Crippen molar-refractivity contribution in [3.63, 3.8) is 0 Å². The lowest BCUT2D eigenvalue weighted by Gasteiger charge is -2.12. The van der Waals surface area contributed by atoms with Gasteiger partial charge in [0.25, 0.3) is 5.69 Å². The summed E-state index contributed by atoms with van der Waals surface area (Å²) in [6.07, 6.45) is -0.0863. The number of hydrogen-bond acceptors (Lipinski definition) is 4. The Balaban J connectivity index is 2.59. The summed E-state index contributed by atoms with van der Waals surface area (Å²) in [5.74, 6) is -0.491. The summed E-state index contributed by atoms with van der Waals surface area (Å²) in [7, 11) is 0. The average Bonchev–Trinajstić information content (AvgIpc) is 2.45. The van der Waals surface area contributed by atoms with Crippen molar-refractivity contribution in [2.75, 3.05) is 0 Å². The maximum atomic E-state index is 10.9. The molecule has 0 fully saturated rings. The van der Waals surface area contributed by atoms with Crippen LogP contribution in [0.1, 0.15) is 11.1 Å². The van der Waals surface area contributed by atoms with E-state index < -0.39 is 4.92 Å². The van der Waals surface area contributed by atoms with Gasteiger partial charge < -0.3 is 10.2 Å². The normalized spacial score (nSPS) is 10.7. The molecule has 0 spiro atoms. The molecule has 0 aliphatic rings. The predicted molar refractivity (Wildman–Crippen MR) is 88.4 cm³/mol. The lowest BCUT2D eigenvalue weighted by molar-refractivity contribution is -0.385. The maximum Gasteiger partial charge on any atom is 0.271 e. The van der Waals surface area contributed by atoms with E-state index in [1.807, 2.05) is 0 Å². The van der Waals surface area contributed by atoms with Gasteiger partial charge in [-0.25, -0.2) is 0 Å². The van der Waals surface area contributed by atoms with Gasteiger partial charge in [0, 0.05) is 29.7 Å². The van der Waals surface area contributed by atoms with Gasteiger partial charge in [-0.15, -0.1) is 0 Å².